The van der Waals surface area contributed by atoms with Crippen molar-refractivity contribution >= 4 is 28.9 Å². The van der Waals surface area contributed by atoms with E-state index in [2.05, 4.69) is 9.98 Å². The zero-order valence-corrected chi connectivity index (χ0v) is 23.6. The van der Waals surface area contributed by atoms with Crippen molar-refractivity contribution in [2.75, 3.05) is 0 Å². The maximum absolute atomic E-state index is 12.5. The Balaban J connectivity index is 1.67. The van der Waals surface area contributed by atoms with Gasteiger partial charge >= 0.3 is 12.1 Å². The molecule has 0 radical (unpaired) electrons. The number of amides is 1. The molecule has 0 aliphatic carbocycles. The van der Waals surface area contributed by atoms with Crippen LogP contribution in [0, 0.1) is 0 Å². The van der Waals surface area contributed by atoms with Crippen molar-refractivity contribution in [3.05, 3.63) is 65.5 Å². The number of para-hydroxylation sites is 2. The topological polar surface area (TPSA) is 137 Å². The van der Waals surface area contributed by atoms with Gasteiger partial charge in [0.05, 0.1) is 6.42 Å². The minimum Gasteiger partial charge on any atom is -0.460 e. The zero-order chi connectivity index (χ0) is 28.8. The van der Waals surface area contributed by atoms with Gasteiger partial charge in [-0.2, -0.15) is 4.99 Å². The van der Waals surface area contributed by atoms with Gasteiger partial charge < -0.3 is 24.7 Å². The van der Waals surface area contributed by atoms with Crippen LogP contribution in [0.1, 0.15) is 77.5 Å². The summed E-state index contributed by atoms with van der Waals surface area (Å²) in [6.45, 7) is 10.6. The van der Waals surface area contributed by atoms with E-state index in [-0.39, 0.29) is 12.3 Å². The molecule has 9 nitrogen and oxygen atoms in total. The molecule has 3 rings (SSSR count). The van der Waals surface area contributed by atoms with E-state index < -0.39 is 35.4 Å². The summed E-state index contributed by atoms with van der Waals surface area (Å²) in [5, 5.41) is 10.7. The second-order valence-electron chi connectivity index (χ2n) is 11.6. The molecule has 1 aromatic heterocycles. The molecule has 2 aromatic carbocycles. The maximum atomic E-state index is 12.5. The van der Waals surface area contributed by atoms with Crippen LogP contribution >= 0.6 is 0 Å². The van der Waals surface area contributed by atoms with Crippen molar-refractivity contribution in [3.63, 3.8) is 0 Å². The number of nitrogens with zero attached hydrogens (tertiary/aromatic N) is 2. The normalized spacial score (nSPS) is 14.2. The van der Waals surface area contributed by atoms with Gasteiger partial charge in [-0.1, -0.05) is 36.4 Å². The highest BCUT2D eigenvalue weighted by Gasteiger charge is 2.24. The third kappa shape index (κ3) is 9.92. The van der Waals surface area contributed by atoms with Crippen LogP contribution < -0.4 is 5.73 Å². The predicted octanol–water partition coefficient (Wildman–Crippen LogP) is 5.47. The number of hydrogen-bond acceptors (Lipinski definition) is 8. The number of aliphatic hydroxyl groups is 1. The summed E-state index contributed by atoms with van der Waals surface area (Å²) in [5.41, 5.74) is 8.49. The fourth-order valence-corrected chi connectivity index (χ4v) is 3.93. The van der Waals surface area contributed by atoms with E-state index in [4.69, 9.17) is 19.6 Å². The van der Waals surface area contributed by atoms with Crippen LogP contribution in [0.15, 0.2) is 57.9 Å². The molecule has 3 aromatic rings. The van der Waals surface area contributed by atoms with Crippen molar-refractivity contribution < 1.29 is 28.6 Å². The molecule has 3 N–H and O–H groups in total. The largest absolute Gasteiger partial charge is 0.460 e. The fraction of sp³-hybridized carbons (Fsp3) is 0.467. The first-order chi connectivity index (χ1) is 18.2. The Morgan fingerprint density at radius 2 is 1.67 bits per heavy atom. The molecule has 210 valence electrons. The van der Waals surface area contributed by atoms with E-state index >= 15 is 0 Å². The molecule has 0 saturated heterocycles. The minimum absolute atomic E-state index is 0.113. The first kappa shape index (κ1) is 30.0. The molecule has 2 atom stereocenters. The lowest BCUT2D eigenvalue weighted by Gasteiger charge is -2.20. The SMILES string of the molecule is CC(C)(C)OC(=O)C/C(CCc1cccc(C[C@H](N)C(O)c2nc3ccccc3o2)c1)=N\C(=O)OC(C)(C)C. The number of aryl methyl sites for hydroxylation is 1. The number of hydrogen-bond donors (Lipinski definition) is 2. The number of rotatable bonds is 9. The summed E-state index contributed by atoms with van der Waals surface area (Å²) in [7, 11) is 0. The summed E-state index contributed by atoms with van der Waals surface area (Å²) in [5.74, 6) is -0.275. The standard InChI is InChI=1S/C30H39N3O6/c1-29(2,3)38-25(34)18-21(32-28(36)39-30(4,5)6)15-14-19-10-9-11-20(16-19)17-22(31)26(35)27-33-23-12-7-8-13-24(23)37-27/h7-13,16,22,26,35H,14-15,17-18,31H2,1-6H3/b32-21-/t22-,26?/m0/s1. The Kier molecular flexibility index (Phi) is 9.63. The van der Waals surface area contributed by atoms with Gasteiger partial charge in [0.15, 0.2) is 5.58 Å². The van der Waals surface area contributed by atoms with Gasteiger partial charge in [-0.3, -0.25) is 4.79 Å². The molecule has 0 aliphatic heterocycles. The molecular weight excluding hydrogens is 498 g/mol. The van der Waals surface area contributed by atoms with Crippen LogP contribution in [0.5, 0.6) is 0 Å². The van der Waals surface area contributed by atoms with Crippen molar-refractivity contribution in [3.8, 4) is 0 Å². The third-order valence-electron chi connectivity index (χ3n) is 5.55. The van der Waals surface area contributed by atoms with Gasteiger partial charge in [0.1, 0.15) is 22.8 Å². The van der Waals surface area contributed by atoms with Gasteiger partial charge in [-0.25, -0.2) is 9.78 Å². The molecule has 39 heavy (non-hydrogen) atoms. The molecule has 0 bridgehead atoms. The second-order valence-corrected chi connectivity index (χ2v) is 11.6. The predicted molar refractivity (Wildman–Crippen MR) is 150 cm³/mol. The van der Waals surface area contributed by atoms with Gasteiger partial charge in [-0.15, -0.1) is 0 Å². The number of benzene rings is 2. The average molecular weight is 538 g/mol. The molecule has 1 unspecified atom stereocenters. The lowest BCUT2D eigenvalue weighted by Crippen LogP contribution is -2.30. The number of ether oxygens (including phenoxy) is 2. The zero-order valence-electron chi connectivity index (χ0n) is 23.6. The molecule has 1 amide bonds. The number of esters is 1. The number of aliphatic imine (C=N–C) groups is 1. The van der Waals surface area contributed by atoms with E-state index in [1.165, 1.54) is 0 Å². The highest BCUT2D eigenvalue weighted by Crippen LogP contribution is 2.23. The molecule has 0 saturated carbocycles. The Hall–Kier alpha value is -3.56. The maximum Gasteiger partial charge on any atom is 0.434 e. The number of carbonyl (C=O) groups excluding carboxylic acids is 2. The number of aromatic nitrogens is 1. The van der Waals surface area contributed by atoms with Crippen LogP contribution in [-0.2, 0) is 27.1 Å². The number of oxazole rings is 1. The van der Waals surface area contributed by atoms with Gasteiger partial charge in [0.25, 0.3) is 0 Å². The van der Waals surface area contributed by atoms with Crippen LogP contribution in [0.4, 0.5) is 4.79 Å². The molecule has 0 spiro atoms. The van der Waals surface area contributed by atoms with Crippen molar-refractivity contribution in [1.82, 2.24) is 4.98 Å². The van der Waals surface area contributed by atoms with Crippen molar-refractivity contribution in [2.45, 2.75) is 90.6 Å². The minimum atomic E-state index is -1.07. The summed E-state index contributed by atoms with van der Waals surface area (Å²) in [6.07, 6.45) is -0.639. The van der Waals surface area contributed by atoms with E-state index in [0.717, 1.165) is 11.1 Å². The first-order valence-electron chi connectivity index (χ1n) is 13.1. The monoisotopic (exact) mass is 537 g/mol. The lowest BCUT2D eigenvalue weighted by atomic mass is 9.98. The number of aliphatic hydroxyl groups excluding tert-OH is 1. The number of carbonyl (C=O) groups is 2. The third-order valence-corrected chi connectivity index (χ3v) is 5.55. The summed E-state index contributed by atoms with van der Waals surface area (Å²) in [4.78, 5) is 33.2. The summed E-state index contributed by atoms with van der Waals surface area (Å²) < 4.78 is 16.4. The summed E-state index contributed by atoms with van der Waals surface area (Å²) in [6, 6.07) is 14.4. The van der Waals surface area contributed by atoms with Crippen LogP contribution in [-0.4, -0.2) is 45.1 Å². The first-order valence-corrected chi connectivity index (χ1v) is 13.1. The molecular formula is C30H39N3O6. The second kappa shape index (κ2) is 12.5. The van der Waals surface area contributed by atoms with E-state index in [0.29, 0.717) is 36.1 Å². The van der Waals surface area contributed by atoms with Gasteiger partial charge in [0.2, 0.25) is 5.89 Å². The Morgan fingerprint density at radius 1 is 1.00 bits per heavy atom. The fourth-order valence-electron chi connectivity index (χ4n) is 3.93. The Morgan fingerprint density at radius 3 is 2.33 bits per heavy atom. The summed E-state index contributed by atoms with van der Waals surface area (Å²) >= 11 is 0. The van der Waals surface area contributed by atoms with Crippen LogP contribution in [0.2, 0.25) is 0 Å². The molecule has 0 fully saturated rings. The lowest BCUT2D eigenvalue weighted by molar-refractivity contribution is -0.153. The number of nitrogens with two attached hydrogens (primary N) is 1. The highest BCUT2D eigenvalue weighted by molar-refractivity contribution is 6.03. The quantitative estimate of drug-likeness (QED) is 0.271. The molecule has 9 heteroatoms. The van der Waals surface area contributed by atoms with Gasteiger partial charge in [-0.05, 0) is 84.1 Å². The van der Waals surface area contributed by atoms with Gasteiger partial charge in [0, 0.05) is 11.8 Å². The average Bonchev–Trinajstić information content (AvgIpc) is 3.24. The Labute approximate surface area is 229 Å². The highest BCUT2D eigenvalue weighted by atomic mass is 16.6. The number of fused-ring (bicyclic) bond motifs is 1. The molecule has 1 heterocycles. The Bertz CT molecular complexity index is 1280. The van der Waals surface area contributed by atoms with E-state index in [9.17, 15) is 14.7 Å². The van der Waals surface area contributed by atoms with Crippen LogP contribution in [0.3, 0.4) is 0 Å². The van der Waals surface area contributed by atoms with Crippen molar-refractivity contribution in [2.24, 2.45) is 10.7 Å². The van der Waals surface area contributed by atoms with E-state index in [1.807, 2.05) is 42.5 Å². The van der Waals surface area contributed by atoms with Crippen molar-refractivity contribution in [1.29, 1.82) is 0 Å². The smallest absolute Gasteiger partial charge is 0.434 e. The molecule has 0 aliphatic rings. The van der Waals surface area contributed by atoms with E-state index in [1.54, 1.807) is 47.6 Å². The van der Waals surface area contributed by atoms with Crippen LogP contribution in [0.25, 0.3) is 11.1 Å².